The molecule has 1 amide bonds. The molecule has 36 heavy (non-hydrogen) atoms. The van der Waals surface area contributed by atoms with Crippen LogP contribution in [0.4, 0.5) is 5.69 Å². The van der Waals surface area contributed by atoms with Gasteiger partial charge in [0, 0.05) is 24.1 Å². The van der Waals surface area contributed by atoms with E-state index in [4.69, 9.17) is 4.42 Å². The number of non-ortho nitro benzene ring substituents is 1. The SMILES string of the molecule is CCN(CC)CCCN1C(=O)C(O)=C(C(=O)c2cc3cc(C)ccc3o2)C1c1ccc([N+](=O)[O-])cc1. The Kier molecular flexibility index (Phi) is 7.21. The molecule has 2 aromatic carbocycles. The van der Waals surface area contributed by atoms with Crippen molar-refractivity contribution in [1.82, 2.24) is 9.80 Å². The van der Waals surface area contributed by atoms with Crippen molar-refractivity contribution in [3.63, 3.8) is 0 Å². The molecule has 9 heteroatoms. The van der Waals surface area contributed by atoms with Gasteiger partial charge in [0.2, 0.25) is 5.78 Å². The Hall–Kier alpha value is -3.98. The zero-order chi connectivity index (χ0) is 26.0. The maximum Gasteiger partial charge on any atom is 0.290 e. The molecule has 0 fully saturated rings. The molecule has 188 valence electrons. The molecule has 0 aliphatic carbocycles. The maximum absolute atomic E-state index is 13.6. The zero-order valence-electron chi connectivity index (χ0n) is 20.6. The van der Waals surface area contributed by atoms with Crippen molar-refractivity contribution in [2.75, 3.05) is 26.2 Å². The number of fused-ring (bicyclic) bond motifs is 1. The van der Waals surface area contributed by atoms with Crippen LogP contribution >= 0.6 is 0 Å². The van der Waals surface area contributed by atoms with Gasteiger partial charge in [-0.15, -0.1) is 0 Å². The van der Waals surface area contributed by atoms with Crippen molar-refractivity contribution >= 4 is 28.3 Å². The standard InChI is InChI=1S/C27H29N3O6/c1-4-28(5-2)13-6-14-29-24(18-8-10-20(11-9-18)30(34)35)23(26(32)27(29)33)25(31)22-16-19-15-17(3)7-12-21(19)36-22/h7-12,15-16,24,32H,4-6,13-14H2,1-3H3. The second-order valence-corrected chi connectivity index (χ2v) is 8.87. The first kappa shape index (κ1) is 25.1. The molecule has 0 radical (unpaired) electrons. The van der Waals surface area contributed by atoms with E-state index in [1.807, 2.05) is 19.1 Å². The molecule has 1 N–H and O–H groups in total. The van der Waals surface area contributed by atoms with Crippen LogP contribution < -0.4 is 0 Å². The highest BCUT2D eigenvalue weighted by atomic mass is 16.6. The average molecular weight is 492 g/mol. The highest BCUT2D eigenvalue weighted by Gasteiger charge is 2.44. The van der Waals surface area contributed by atoms with E-state index in [1.54, 1.807) is 12.1 Å². The number of Topliss-reactive ketones (excluding diaryl/α,β-unsaturated/α-hetero) is 1. The van der Waals surface area contributed by atoms with Crippen LogP contribution in [-0.2, 0) is 4.79 Å². The van der Waals surface area contributed by atoms with E-state index in [9.17, 15) is 24.8 Å². The van der Waals surface area contributed by atoms with E-state index in [2.05, 4.69) is 18.7 Å². The highest BCUT2D eigenvalue weighted by molar-refractivity contribution is 6.16. The lowest BCUT2D eigenvalue weighted by atomic mass is 9.94. The number of nitro groups is 1. The maximum atomic E-state index is 13.6. The summed E-state index contributed by atoms with van der Waals surface area (Å²) in [5.74, 6) is -1.85. The van der Waals surface area contributed by atoms with Crippen molar-refractivity contribution in [2.45, 2.75) is 33.2 Å². The number of amides is 1. The Morgan fingerprint density at radius 1 is 1.14 bits per heavy atom. The Balaban J connectivity index is 1.72. The first-order valence-corrected chi connectivity index (χ1v) is 12.0. The Morgan fingerprint density at radius 2 is 1.83 bits per heavy atom. The van der Waals surface area contributed by atoms with Crippen LogP contribution in [0.15, 0.2) is 64.3 Å². The summed E-state index contributed by atoms with van der Waals surface area (Å²) in [4.78, 5) is 41.1. The molecule has 1 aliphatic heterocycles. The lowest BCUT2D eigenvalue weighted by Crippen LogP contribution is -2.34. The molecular weight excluding hydrogens is 462 g/mol. The normalized spacial score (nSPS) is 15.9. The number of ketones is 1. The molecule has 1 aromatic heterocycles. The number of hydrogen-bond donors (Lipinski definition) is 1. The van der Waals surface area contributed by atoms with Gasteiger partial charge in [-0.3, -0.25) is 19.7 Å². The fourth-order valence-electron chi connectivity index (χ4n) is 4.65. The van der Waals surface area contributed by atoms with E-state index in [1.165, 1.54) is 29.2 Å². The largest absolute Gasteiger partial charge is 0.503 e. The minimum absolute atomic E-state index is 0.0156. The summed E-state index contributed by atoms with van der Waals surface area (Å²) in [5, 5.41) is 22.8. The molecule has 0 spiro atoms. The van der Waals surface area contributed by atoms with Crippen LogP contribution in [0.25, 0.3) is 11.0 Å². The number of carbonyl (C=O) groups is 2. The molecule has 1 unspecified atom stereocenters. The van der Waals surface area contributed by atoms with Gasteiger partial charge in [0.05, 0.1) is 16.5 Å². The van der Waals surface area contributed by atoms with Crippen molar-refractivity contribution < 1.29 is 24.0 Å². The van der Waals surface area contributed by atoms with E-state index in [-0.39, 0.29) is 17.0 Å². The Morgan fingerprint density at radius 3 is 2.47 bits per heavy atom. The van der Waals surface area contributed by atoms with Gasteiger partial charge in [0.1, 0.15) is 5.58 Å². The number of aliphatic hydroxyl groups is 1. The average Bonchev–Trinajstić information content (AvgIpc) is 3.40. The minimum Gasteiger partial charge on any atom is -0.503 e. The lowest BCUT2D eigenvalue weighted by Gasteiger charge is -2.28. The lowest BCUT2D eigenvalue weighted by molar-refractivity contribution is -0.384. The van der Waals surface area contributed by atoms with Gasteiger partial charge in [-0.25, -0.2) is 0 Å². The van der Waals surface area contributed by atoms with Gasteiger partial charge in [0.25, 0.3) is 11.6 Å². The monoisotopic (exact) mass is 491 g/mol. The van der Waals surface area contributed by atoms with E-state index in [0.29, 0.717) is 24.1 Å². The summed E-state index contributed by atoms with van der Waals surface area (Å²) >= 11 is 0. The van der Waals surface area contributed by atoms with Crippen LogP contribution in [0, 0.1) is 17.0 Å². The number of hydrogen-bond acceptors (Lipinski definition) is 7. The van der Waals surface area contributed by atoms with E-state index >= 15 is 0 Å². The number of furan rings is 1. The van der Waals surface area contributed by atoms with Crippen LogP contribution in [0.5, 0.6) is 0 Å². The van der Waals surface area contributed by atoms with Crippen molar-refractivity contribution in [3.8, 4) is 0 Å². The fraction of sp³-hybridized carbons (Fsp3) is 0.333. The van der Waals surface area contributed by atoms with Gasteiger partial charge >= 0.3 is 0 Å². The van der Waals surface area contributed by atoms with Crippen molar-refractivity contribution in [3.05, 3.63) is 86.9 Å². The number of aryl methyl sites for hydroxylation is 1. The van der Waals surface area contributed by atoms with Crippen LogP contribution in [-0.4, -0.2) is 57.7 Å². The second kappa shape index (κ2) is 10.3. The molecule has 9 nitrogen and oxygen atoms in total. The first-order chi connectivity index (χ1) is 17.2. The summed E-state index contributed by atoms with van der Waals surface area (Å²) in [5.41, 5.74) is 1.83. The molecule has 0 saturated heterocycles. The Labute approximate surface area is 208 Å². The molecule has 1 aliphatic rings. The Bertz CT molecular complexity index is 1340. The summed E-state index contributed by atoms with van der Waals surface area (Å²) in [6.07, 6.45) is 0.634. The predicted octanol–water partition coefficient (Wildman–Crippen LogP) is 4.96. The van der Waals surface area contributed by atoms with Crippen LogP contribution in [0.2, 0.25) is 0 Å². The summed E-state index contributed by atoms with van der Waals surface area (Å²) in [7, 11) is 0. The number of nitro benzene ring substituents is 1. The van der Waals surface area contributed by atoms with Gasteiger partial charge in [-0.1, -0.05) is 25.5 Å². The molecule has 0 saturated carbocycles. The minimum atomic E-state index is -0.891. The molecular formula is C27H29N3O6. The van der Waals surface area contributed by atoms with Crippen LogP contribution in [0.1, 0.15) is 48.0 Å². The van der Waals surface area contributed by atoms with Gasteiger partial charge in [0.15, 0.2) is 11.5 Å². The van der Waals surface area contributed by atoms with Gasteiger partial charge < -0.3 is 19.3 Å². The third kappa shape index (κ3) is 4.74. The predicted molar refractivity (Wildman–Crippen MR) is 135 cm³/mol. The fourth-order valence-corrected chi connectivity index (χ4v) is 4.65. The summed E-state index contributed by atoms with van der Waals surface area (Å²) < 4.78 is 5.77. The number of benzene rings is 2. The highest BCUT2D eigenvalue weighted by Crippen LogP contribution is 2.40. The molecule has 4 rings (SSSR count). The van der Waals surface area contributed by atoms with Crippen molar-refractivity contribution in [1.29, 1.82) is 0 Å². The topological polar surface area (TPSA) is 117 Å². The van der Waals surface area contributed by atoms with Gasteiger partial charge in [-0.2, -0.15) is 0 Å². The number of carbonyl (C=O) groups excluding carboxylic acids is 2. The van der Waals surface area contributed by atoms with E-state index < -0.39 is 28.4 Å². The third-order valence-electron chi connectivity index (χ3n) is 6.63. The number of nitrogens with zero attached hydrogens (tertiary/aromatic N) is 3. The smallest absolute Gasteiger partial charge is 0.290 e. The molecule has 2 heterocycles. The molecule has 1 atom stereocenters. The van der Waals surface area contributed by atoms with E-state index in [0.717, 1.165) is 30.6 Å². The molecule has 3 aromatic rings. The first-order valence-electron chi connectivity index (χ1n) is 12.0. The van der Waals surface area contributed by atoms with Gasteiger partial charge in [-0.05, 0) is 68.9 Å². The third-order valence-corrected chi connectivity index (χ3v) is 6.63. The zero-order valence-corrected chi connectivity index (χ0v) is 20.6. The van der Waals surface area contributed by atoms with Crippen molar-refractivity contribution in [2.24, 2.45) is 0 Å². The number of rotatable bonds is 10. The number of aliphatic hydroxyl groups excluding tert-OH is 1. The quantitative estimate of drug-likeness (QED) is 0.242. The second-order valence-electron chi connectivity index (χ2n) is 8.87. The summed E-state index contributed by atoms with van der Waals surface area (Å²) in [6.45, 7) is 8.84. The molecule has 0 bridgehead atoms. The summed E-state index contributed by atoms with van der Waals surface area (Å²) in [6, 6.07) is 11.9. The van der Waals surface area contributed by atoms with Crippen LogP contribution in [0.3, 0.4) is 0 Å².